The van der Waals surface area contributed by atoms with Crippen LogP contribution in [-0.4, -0.2) is 15.0 Å². The van der Waals surface area contributed by atoms with Crippen LogP contribution in [0.2, 0.25) is 35.4 Å². The standard InChI is InChI=1S/C27H12Cl7N3O4/c28-13-1-5-19(17(32)9-13)38-21-7-3-15(30)11-23(21)40-26-35-25(34)36-27(37-26)41-24-12-16(31)4-8-22(24)39-20-6-2-14(29)10-18(20)33/h1-12H. The molecule has 0 amide bonds. The van der Waals surface area contributed by atoms with Gasteiger partial charge in [0.05, 0.1) is 10.0 Å². The molecule has 5 rings (SSSR count). The molecule has 41 heavy (non-hydrogen) atoms. The monoisotopic (exact) mass is 687 g/mol. The first-order valence-corrected chi connectivity index (χ1v) is 13.9. The Balaban J connectivity index is 1.43. The molecule has 7 nitrogen and oxygen atoms in total. The van der Waals surface area contributed by atoms with Crippen molar-refractivity contribution in [3.05, 3.63) is 108 Å². The van der Waals surface area contributed by atoms with Crippen molar-refractivity contribution in [3.63, 3.8) is 0 Å². The number of hydrogen-bond acceptors (Lipinski definition) is 7. The lowest BCUT2D eigenvalue weighted by molar-refractivity contribution is 0.368. The molecule has 1 heterocycles. The maximum Gasteiger partial charge on any atom is 0.329 e. The van der Waals surface area contributed by atoms with Crippen molar-refractivity contribution in [2.45, 2.75) is 0 Å². The fourth-order valence-electron chi connectivity index (χ4n) is 3.25. The summed E-state index contributed by atoms with van der Waals surface area (Å²) in [4.78, 5) is 12.2. The number of nitrogens with zero attached hydrogens (tertiary/aromatic N) is 3. The number of benzene rings is 4. The fourth-order valence-corrected chi connectivity index (χ4v) is 4.61. The molecule has 0 spiro atoms. The van der Waals surface area contributed by atoms with Gasteiger partial charge in [0.1, 0.15) is 11.5 Å². The highest BCUT2D eigenvalue weighted by atomic mass is 35.5. The predicted molar refractivity (Wildman–Crippen MR) is 161 cm³/mol. The van der Waals surface area contributed by atoms with E-state index in [4.69, 9.17) is 100 Å². The molecule has 0 aliphatic carbocycles. The molecule has 14 heteroatoms. The van der Waals surface area contributed by atoms with E-state index in [-0.39, 0.29) is 50.3 Å². The van der Waals surface area contributed by atoms with E-state index in [9.17, 15) is 0 Å². The molecule has 0 bridgehead atoms. The molecule has 0 aliphatic heterocycles. The molecule has 0 N–H and O–H groups in total. The van der Waals surface area contributed by atoms with Crippen LogP contribution in [0, 0.1) is 0 Å². The average molecular weight is 691 g/mol. The van der Waals surface area contributed by atoms with Crippen molar-refractivity contribution in [1.29, 1.82) is 0 Å². The minimum atomic E-state index is -0.223. The van der Waals surface area contributed by atoms with Gasteiger partial charge in [-0.2, -0.15) is 9.97 Å². The van der Waals surface area contributed by atoms with Gasteiger partial charge in [-0.1, -0.05) is 69.6 Å². The van der Waals surface area contributed by atoms with Crippen molar-refractivity contribution >= 4 is 81.2 Å². The second kappa shape index (κ2) is 13.0. The third-order valence-corrected chi connectivity index (χ3v) is 6.71. The Morgan fingerprint density at radius 1 is 0.366 bits per heavy atom. The van der Waals surface area contributed by atoms with Gasteiger partial charge >= 0.3 is 12.0 Å². The Hall–Kier alpha value is -2.88. The number of aromatic nitrogens is 3. The second-order valence-corrected chi connectivity index (χ2v) is 10.8. The van der Waals surface area contributed by atoms with Gasteiger partial charge in [0.15, 0.2) is 23.0 Å². The Morgan fingerprint density at radius 2 is 0.732 bits per heavy atom. The van der Waals surface area contributed by atoms with Gasteiger partial charge in [0, 0.05) is 32.2 Å². The summed E-state index contributed by atoms with van der Waals surface area (Å²) in [7, 11) is 0. The zero-order valence-corrected chi connectivity index (χ0v) is 25.3. The van der Waals surface area contributed by atoms with Crippen LogP contribution >= 0.6 is 81.2 Å². The third kappa shape index (κ3) is 7.70. The largest absolute Gasteiger partial charge is 0.452 e. The van der Waals surface area contributed by atoms with Gasteiger partial charge in [-0.25, -0.2) is 0 Å². The van der Waals surface area contributed by atoms with Crippen LogP contribution in [-0.2, 0) is 0 Å². The molecule has 208 valence electrons. The van der Waals surface area contributed by atoms with E-state index in [1.807, 2.05) is 0 Å². The van der Waals surface area contributed by atoms with Crippen LogP contribution in [0.15, 0.2) is 72.8 Å². The molecule has 0 atom stereocenters. The zero-order valence-electron chi connectivity index (χ0n) is 20.0. The van der Waals surface area contributed by atoms with E-state index in [2.05, 4.69) is 15.0 Å². The Kier molecular flexibility index (Phi) is 9.36. The molecule has 1 aromatic heterocycles. The molecular formula is C27H12Cl7N3O4. The molecule has 0 aliphatic rings. The lowest BCUT2D eigenvalue weighted by atomic mass is 10.3. The molecular weight excluding hydrogens is 678 g/mol. The molecule has 0 fully saturated rings. The maximum atomic E-state index is 6.26. The molecule has 4 aromatic carbocycles. The van der Waals surface area contributed by atoms with Gasteiger partial charge in [-0.05, 0) is 72.3 Å². The second-order valence-electron chi connectivity index (χ2n) is 7.91. The van der Waals surface area contributed by atoms with Crippen LogP contribution < -0.4 is 18.9 Å². The SMILES string of the molecule is Clc1ccc(Oc2ccc(Cl)cc2Oc2nc(Cl)nc(Oc3cc(Cl)ccc3Oc3ccc(Cl)cc3Cl)n2)c(Cl)c1. The van der Waals surface area contributed by atoms with Crippen LogP contribution in [0.5, 0.6) is 46.5 Å². The summed E-state index contributed by atoms with van der Waals surface area (Å²) >= 11 is 43.0. The summed E-state index contributed by atoms with van der Waals surface area (Å²) in [5.41, 5.74) is 0. The van der Waals surface area contributed by atoms with Gasteiger partial charge in [-0.15, -0.1) is 4.98 Å². The molecule has 5 aromatic rings. The van der Waals surface area contributed by atoms with E-state index < -0.39 is 0 Å². The summed E-state index contributed by atoms with van der Waals surface area (Å²) in [6.07, 6.45) is 0. The summed E-state index contributed by atoms with van der Waals surface area (Å²) in [5, 5.41) is 1.97. The Bertz CT molecular complexity index is 1630. The van der Waals surface area contributed by atoms with Gasteiger partial charge in [-0.3, -0.25) is 0 Å². The summed E-state index contributed by atoms with van der Waals surface area (Å²) < 4.78 is 23.6. The van der Waals surface area contributed by atoms with Crippen molar-refractivity contribution < 1.29 is 18.9 Å². The summed E-state index contributed by atoms with van der Waals surface area (Å²) in [6, 6.07) is 18.5. The van der Waals surface area contributed by atoms with Gasteiger partial charge in [0.25, 0.3) is 0 Å². The van der Waals surface area contributed by atoms with Crippen LogP contribution in [0.1, 0.15) is 0 Å². The highest BCUT2D eigenvalue weighted by Crippen LogP contribution is 2.41. The molecule has 0 saturated carbocycles. The topological polar surface area (TPSA) is 75.6 Å². The zero-order chi connectivity index (χ0) is 29.1. The number of rotatable bonds is 8. The van der Waals surface area contributed by atoms with Crippen molar-refractivity contribution in [3.8, 4) is 46.5 Å². The third-order valence-electron chi connectivity index (χ3n) is 5.01. The number of hydrogen-bond donors (Lipinski definition) is 0. The highest BCUT2D eigenvalue weighted by Gasteiger charge is 2.17. The first kappa shape index (κ1) is 29.6. The van der Waals surface area contributed by atoms with E-state index in [0.29, 0.717) is 31.6 Å². The molecule has 0 radical (unpaired) electrons. The van der Waals surface area contributed by atoms with E-state index in [0.717, 1.165) is 0 Å². The van der Waals surface area contributed by atoms with E-state index in [1.54, 1.807) is 60.7 Å². The fraction of sp³-hybridized carbons (Fsp3) is 0. The van der Waals surface area contributed by atoms with Crippen molar-refractivity contribution in [2.24, 2.45) is 0 Å². The lowest BCUT2D eigenvalue weighted by Crippen LogP contribution is -2.00. The number of halogens is 7. The maximum absolute atomic E-state index is 6.26. The van der Waals surface area contributed by atoms with Crippen LogP contribution in [0.25, 0.3) is 0 Å². The van der Waals surface area contributed by atoms with Crippen LogP contribution in [0.4, 0.5) is 0 Å². The smallest absolute Gasteiger partial charge is 0.329 e. The van der Waals surface area contributed by atoms with Gasteiger partial charge < -0.3 is 18.9 Å². The molecule has 0 saturated heterocycles. The van der Waals surface area contributed by atoms with E-state index >= 15 is 0 Å². The normalized spacial score (nSPS) is 10.8. The Labute approximate surface area is 268 Å². The first-order valence-electron chi connectivity index (χ1n) is 11.2. The quantitative estimate of drug-likeness (QED) is 0.160. The predicted octanol–water partition coefficient (Wildman–Crippen LogP) is 11.6. The number of ether oxygens (including phenoxy) is 4. The lowest BCUT2D eigenvalue weighted by Gasteiger charge is -2.14. The minimum Gasteiger partial charge on any atom is -0.452 e. The van der Waals surface area contributed by atoms with Crippen molar-refractivity contribution in [2.75, 3.05) is 0 Å². The van der Waals surface area contributed by atoms with E-state index in [1.165, 1.54) is 12.1 Å². The Morgan fingerprint density at radius 3 is 1.12 bits per heavy atom. The molecule has 0 unspecified atom stereocenters. The average Bonchev–Trinajstić information content (AvgIpc) is 2.89. The summed E-state index contributed by atoms with van der Waals surface area (Å²) in [5.74, 6) is 1.47. The highest BCUT2D eigenvalue weighted by molar-refractivity contribution is 6.36. The van der Waals surface area contributed by atoms with Crippen LogP contribution in [0.3, 0.4) is 0 Å². The minimum absolute atomic E-state index is 0.154. The summed E-state index contributed by atoms with van der Waals surface area (Å²) in [6.45, 7) is 0. The van der Waals surface area contributed by atoms with Crippen molar-refractivity contribution in [1.82, 2.24) is 15.0 Å². The first-order chi connectivity index (χ1) is 19.6. The van der Waals surface area contributed by atoms with Gasteiger partial charge in [0.2, 0.25) is 5.28 Å².